The van der Waals surface area contributed by atoms with E-state index in [2.05, 4.69) is 5.32 Å². The van der Waals surface area contributed by atoms with Crippen LogP contribution < -0.4 is 10.2 Å². The third-order valence-corrected chi connectivity index (χ3v) is 4.09. The molecule has 0 radical (unpaired) electrons. The van der Waals surface area contributed by atoms with E-state index in [0.29, 0.717) is 5.69 Å². The van der Waals surface area contributed by atoms with E-state index in [1.54, 1.807) is 18.2 Å². The van der Waals surface area contributed by atoms with Gasteiger partial charge in [0.25, 0.3) is 0 Å². The van der Waals surface area contributed by atoms with Crippen molar-refractivity contribution in [2.45, 2.75) is 13.3 Å². The van der Waals surface area contributed by atoms with E-state index < -0.39 is 29.3 Å². The highest BCUT2D eigenvalue weighted by atomic mass is 19.2. The Kier molecular flexibility index (Phi) is 4.48. The molecule has 0 saturated carbocycles. The van der Waals surface area contributed by atoms with Crippen molar-refractivity contribution in [2.24, 2.45) is 5.92 Å². The van der Waals surface area contributed by atoms with Crippen molar-refractivity contribution < 1.29 is 22.8 Å². The highest BCUT2D eigenvalue weighted by molar-refractivity contribution is 6.03. The van der Waals surface area contributed by atoms with Crippen LogP contribution in [0.2, 0.25) is 0 Å². The van der Waals surface area contributed by atoms with Crippen LogP contribution in [0, 0.1) is 30.3 Å². The summed E-state index contributed by atoms with van der Waals surface area (Å²) in [7, 11) is 0. The number of rotatable bonds is 3. The minimum absolute atomic E-state index is 0.0987. The Bertz CT molecular complexity index is 854. The zero-order chi connectivity index (χ0) is 18.1. The number of aryl methyl sites for hydroxylation is 1. The van der Waals surface area contributed by atoms with Gasteiger partial charge >= 0.3 is 0 Å². The minimum Gasteiger partial charge on any atom is -0.326 e. The molecule has 130 valence electrons. The first-order valence-electron chi connectivity index (χ1n) is 7.68. The quantitative estimate of drug-likeness (QED) is 0.865. The number of hydrogen-bond donors (Lipinski definition) is 1. The lowest BCUT2D eigenvalue weighted by Gasteiger charge is -2.18. The van der Waals surface area contributed by atoms with Crippen LogP contribution in [0.3, 0.4) is 0 Å². The average molecular weight is 348 g/mol. The summed E-state index contributed by atoms with van der Waals surface area (Å²) in [6.45, 7) is 1.78. The number of hydrogen-bond acceptors (Lipinski definition) is 2. The summed E-state index contributed by atoms with van der Waals surface area (Å²) in [5.74, 6) is -6.02. The highest BCUT2D eigenvalue weighted by Crippen LogP contribution is 2.30. The van der Waals surface area contributed by atoms with Crippen LogP contribution in [0.15, 0.2) is 36.4 Å². The number of carbonyl (C=O) groups excluding carboxylic acids is 2. The molecule has 1 fully saturated rings. The molecular formula is C18H15F3N2O2. The van der Waals surface area contributed by atoms with E-state index in [1.807, 2.05) is 13.0 Å². The molecule has 1 atom stereocenters. The Labute approximate surface area is 142 Å². The summed E-state index contributed by atoms with van der Waals surface area (Å²) in [5.41, 5.74) is 1.19. The van der Waals surface area contributed by atoms with Gasteiger partial charge in [0, 0.05) is 18.7 Å². The normalized spacial score (nSPS) is 17.0. The number of nitrogens with one attached hydrogen (secondary N) is 1. The summed E-state index contributed by atoms with van der Waals surface area (Å²) in [5, 5.41) is 2.71. The number of halogens is 3. The fourth-order valence-electron chi connectivity index (χ4n) is 2.81. The van der Waals surface area contributed by atoms with Crippen LogP contribution in [-0.4, -0.2) is 18.4 Å². The molecule has 0 spiro atoms. The summed E-state index contributed by atoms with van der Waals surface area (Å²) < 4.78 is 40.3. The molecule has 1 aliphatic heterocycles. The van der Waals surface area contributed by atoms with Gasteiger partial charge < -0.3 is 10.2 Å². The summed E-state index contributed by atoms with van der Waals surface area (Å²) in [6, 6.07) is 8.90. The predicted octanol–water partition coefficient (Wildman–Crippen LogP) is 3.40. The molecule has 1 heterocycles. The summed E-state index contributed by atoms with van der Waals surface area (Å²) >= 11 is 0. The van der Waals surface area contributed by atoms with Crippen molar-refractivity contribution in [3.63, 3.8) is 0 Å². The molecule has 1 aliphatic rings. The fourth-order valence-corrected chi connectivity index (χ4v) is 2.81. The van der Waals surface area contributed by atoms with Crippen LogP contribution in [0.4, 0.5) is 24.5 Å². The molecule has 1 unspecified atom stereocenters. The molecule has 0 bridgehead atoms. The maximum atomic E-state index is 13.9. The number of anilines is 2. The maximum absolute atomic E-state index is 13.9. The van der Waals surface area contributed by atoms with Gasteiger partial charge in [-0.25, -0.2) is 13.2 Å². The lowest BCUT2D eigenvalue weighted by atomic mass is 10.1. The molecule has 7 heteroatoms. The number of nitrogens with zero attached hydrogens (tertiary/aromatic N) is 1. The molecule has 4 nitrogen and oxygen atoms in total. The number of amides is 2. The molecule has 0 aromatic heterocycles. The average Bonchev–Trinajstić information content (AvgIpc) is 2.95. The van der Waals surface area contributed by atoms with Gasteiger partial charge in [-0.05, 0) is 36.8 Å². The van der Waals surface area contributed by atoms with Crippen LogP contribution in [0.1, 0.15) is 12.0 Å². The Balaban J connectivity index is 1.76. The van der Waals surface area contributed by atoms with Crippen molar-refractivity contribution in [2.75, 3.05) is 16.8 Å². The van der Waals surface area contributed by atoms with Crippen LogP contribution in [0.25, 0.3) is 0 Å². The predicted molar refractivity (Wildman–Crippen MR) is 86.6 cm³/mol. The van der Waals surface area contributed by atoms with Crippen molar-refractivity contribution >= 4 is 23.2 Å². The topological polar surface area (TPSA) is 49.4 Å². The van der Waals surface area contributed by atoms with Crippen LogP contribution >= 0.6 is 0 Å². The molecule has 1 saturated heterocycles. The largest absolute Gasteiger partial charge is 0.326 e. The Morgan fingerprint density at radius 3 is 2.64 bits per heavy atom. The Hall–Kier alpha value is -2.83. The van der Waals surface area contributed by atoms with Gasteiger partial charge in [0.1, 0.15) is 0 Å². The zero-order valence-corrected chi connectivity index (χ0v) is 13.4. The smallest absolute Gasteiger partial charge is 0.229 e. The van der Waals surface area contributed by atoms with E-state index >= 15 is 0 Å². The molecular weight excluding hydrogens is 333 g/mol. The van der Waals surface area contributed by atoms with Gasteiger partial charge in [0.05, 0.1) is 11.6 Å². The van der Waals surface area contributed by atoms with Gasteiger partial charge in [-0.15, -0.1) is 0 Å². The van der Waals surface area contributed by atoms with E-state index in [9.17, 15) is 22.8 Å². The highest BCUT2D eigenvalue weighted by Gasteiger charge is 2.37. The second kappa shape index (κ2) is 6.58. The Morgan fingerprint density at radius 1 is 1.16 bits per heavy atom. The fraction of sp³-hybridized carbons (Fsp3) is 0.222. The van der Waals surface area contributed by atoms with Gasteiger partial charge in [0.2, 0.25) is 11.8 Å². The van der Waals surface area contributed by atoms with E-state index in [1.165, 1.54) is 0 Å². The second-order valence-electron chi connectivity index (χ2n) is 5.96. The first kappa shape index (κ1) is 17.0. The third kappa shape index (κ3) is 3.35. The number of carbonyl (C=O) groups is 2. The van der Waals surface area contributed by atoms with Crippen molar-refractivity contribution in [1.82, 2.24) is 0 Å². The van der Waals surface area contributed by atoms with Gasteiger partial charge in [0.15, 0.2) is 17.5 Å². The maximum Gasteiger partial charge on any atom is 0.229 e. The molecule has 2 aromatic rings. The van der Waals surface area contributed by atoms with Gasteiger partial charge in [-0.3, -0.25) is 9.59 Å². The van der Waals surface area contributed by atoms with Crippen molar-refractivity contribution in [1.29, 1.82) is 0 Å². The van der Waals surface area contributed by atoms with E-state index in [0.717, 1.165) is 22.6 Å². The standard InChI is InChI=1S/C18H15F3N2O2/c1-10-3-2-4-12(7-10)22-18(25)11-8-15(24)23(9-11)14-6-5-13(19)16(20)17(14)21/h2-7,11H,8-9H2,1H3,(H,22,25). The lowest BCUT2D eigenvalue weighted by molar-refractivity contribution is -0.122. The first-order chi connectivity index (χ1) is 11.9. The summed E-state index contributed by atoms with van der Waals surface area (Å²) in [4.78, 5) is 25.4. The lowest BCUT2D eigenvalue weighted by Crippen LogP contribution is -2.29. The summed E-state index contributed by atoms with van der Waals surface area (Å²) in [6.07, 6.45) is -0.129. The minimum atomic E-state index is -1.64. The molecule has 3 rings (SSSR count). The molecule has 1 N–H and O–H groups in total. The van der Waals surface area contributed by atoms with Crippen LogP contribution in [0.5, 0.6) is 0 Å². The monoisotopic (exact) mass is 348 g/mol. The van der Waals surface area contributed by atoms with E-state index in [-0.39, 0.29) is 24.6 Å². The Morgan fingerprint density at radius 2 is 1.92 bits per heavy atom. The van der Waals surface area contributed by atoms with E-state index in [4.69, 9.17) is 0 Å². The SMILES string of the molecule is Cc1cccc(NC(=O)C2CC(=O)N(c3ccc(F)c(F)c3F)C2)c1. The second-order valence-corrected chi connectivity index (χ2v) is 5.96. The third-order valence-electron chi connectivity index (χ3n) is 4.09. The zero-order valence-electron chi connectivity index (χ0n) is 13.4. The van der Waals surface area contributed by atoms with Crippen LogP contribution in [-0.2, 0) is 9.59 Å². The van der Waals surface area contributed by atoms with Gasteiger partial charge in [-0.2, -0.15) is 0 Å². The van der Waals surface area contributed by atoms with Crippen molar-refractivity contribution in [3.8, 4) is 0 Å². The molecule has 2 amide bonds. The molecule has 0 aliphatic carbocycles. The van der Waals surface area contributed by atoms with Gasteiger partial charge in [-0.1, -0.05) is 12.1 Å². The molecule has 25 heavy (non-hydrogen) atoms. The number of benzene rings is 2. The first-order valence-corrected chi connectivity index (χ1v) is 7.68. The van der Waals surface area contributed by atoms with Crippen molar-refractivity contribution in [3.05, 3.63) is 59.4 Å². The molecule has 2 aromatic carbocycles.